The summed E-state index contributed by atoms with van der Waals surface area (Å²) < 4.78 is 3.63. The van der Waals surface area contributed by atoms with E-state index in [2.05, 4.69) is 22.2 Å². The fourth-order valence-corrected chi connectivity index (χ4v) is 3.40. The molecular weight excluding hydrogens is 296 g/mol. The first-order valence-electron chi connectivity index (χ1n) is 7.21. The second-order valence-electron chi connectivity index (χ2n) is 5.86. The molecule has 1 aliphatic rings. The molecule has 0 spiro atoms. The molecule has 4 rings (SSSR count). The molecule has 1 saturated heterocycles. The van der Waals surface area contributed by atoms with E-state index in [0.29, 0.717) is 5.92 Å². The number of fused-ring (bicyclic) bond motifs is 1. The Bertz CT molecular complexity index is 900. The van der Waals surface area contributed by atoms with Gasteiger partial charge in [-0.1, -0.05) is 24.2 Å². The van der Waals surface area contributed by atoms with Crippen LogP contribution in [0.5, 0.6) is 0 Å². The maximum absolute atomic E-state index is 8.95. The average Bonchev–Trinajstić information content (AvgIpc) is 3.03. The lowest BCUT2D eigenvalue weighted by Crippen LogP contribution is -2.28. The summed E-state index contributed by atoms with van der Waals surface area (Å²) in [5.74, 6) is 2.69. The molecule has 2 aromatic heterocycles. The van der Waals surface area contributed by atoms with Crippen molar-refractivity contribution in [2.24, 2.45) is 7.05 Å². The Hall–Kier alpha value is -2.26. The molecule has 7 heteroatoms. The largest absolute Gasteiger partial charge is 0.274 e. The maximum atomic E-state index is 8.95. The van der Waals surface area contributed by atoms with E-state index in [0.717, 1.165) is 39.8 Å². The van der Waals surface area contributed by atoms with Crippen molar-refractivity contribution in [1.82, 2.24) is 19.6 Å². The second-order valence-corrected chi connectivity index (χ2v) is 6.26. The summed E-state index contributed by atoms with van der Waals surface area (Å²) in [6.45, 7) is 0.167. The number of hydrogen-bond acceptors (Lipinski definition) is 3. The van der Waals surface area contributed by atoms with E-state index in [1.165, 1.54) is 0 Å². The molecule has 0 bridgehead atoms. The Morgan fingerprint density at radius 1 is 1.32 bits per heavy atom. The van der Waals surface area contributed by atoms with Gasteiger partial charge in [-0.2, -0.15) is 10.2 Å². The van der Waals surface area contributed by atoms with Gasteiger partial charge in [0.05, 0.1) is 24.1 Å². The molecule has 1 aliphatic heterocycles. The van der Waals surface area contributed by atoms with Crippen LogP contribution in [0.1, 0.15) is 11.5 Å². The van der Waals surface area contributed by atoms with Crippen LogP contribution in [0, 0.1) is 11.2 Å². The third-order valence-electron chi connectivity index (χ3n) is 4.38. The van der Waals surface area contributed by atoms with Crippen molar-refractivity contribution >= 4 is 29.2 Å². The normalized spacial score (nSPS) is 15.0. The molecule has 0 unspecified atom stereocenters. The molecule has 0 amide bonds. The van der Waals surface area contributed by atoms with Gasteiger partial charge in [0.1, 0.15) is 5.69 Å². The molecule has 5 nitrogen and oxygen atoms in total. The van der Waals surface area contributed by atoms with Gasteiger partial charge >= 0.3 is 0 Å². The smallest absolute Gasteiger partial charge is 0.269 e. The van der Waals surface area contributed by atoms with Crippen molar-refractivity contribution in [3.05, 3.63) is 41.3 Å². The highest BCUT2D eigenvalue weighted by atomic mass is 35.5. The summed E-state index contributed by atoms with van der Waals surface area (Å²) in [4.78, 5) is 0. The molecular formula is C15H13BClN5. The zero-order valence-corrected chi connectivity index (χ0v) is 12.8. The van der Waals surface area contributed by atoms with Gasteiger partial charge in [-0.15, -0.1) is 0 Å². The molecule has 0 aliphatic carbocycles. The summed E-state index contributed by atoms with van der Waals surface area (Å²) in [6, 6.07) is 4.07. The standard InChI is InChI=1S/C15H13BClN5/c1-21-8-12(7-19-21)22-15-3-13(11-4-16(5-11)9-18)14(17)2-10(15)6-20-22/h2-3,6-8,11H,4-5H2,1H3. The lowest BCUT2D eigenvalue weighted by molar-refractivity contribution is 0.766. The number of benzene rings is 1. The van der Waals surface area contributed by atoms with E-state index >= 15 is 0 Å². The van der Waals surface area contributed by atoms with E-state index in [4.69, 9.17) is 16.9 Å². The predicted molar refractivity (Wildman–Crippen MR) is 86.6 cm³/mol. The van der Waals surface area contributed by atoms with Crippen molar-refractivity contribution in [2.45, 2.75) is 18.6 Å². The van der Waals surface area contributed by atoms with Gasteiger partial charge in [0.25, 0.3) is 6.71 Å². The molecule has 0 saturated carbocycles. The van der Waals surface area contributed by atoms with Crippen LogP contribution in [-0.4, -0.2) is 26.3 Å². The fourth-order valence-electron chi connectivity index (χ4n) is 3.08. The SMILES string of the molecule is Cn1cc(-n2ncc3cc(Cl)c(C4CB(C#N)C4)cc32)cn1. The Morgan fingerprint density at radius 2 is 2.14 bits per heavy atom. The number of aromatic nitrogens is 4. The molecule has 3 aromatic rings. The van der Waals surface area contributed by atoms with Gasteiger partial charge in [0.2, 0.25) is 0 Å². The van der Waals surface area contributed by atoms with E-state index in [-0.39, 0.29) is 6.71 Å². The number of nitrogens with zero attached hydrogens (tertiary/aromatic N) is 5. The molecule has 1 aromatic carbocycles. The predicted octanol–water partition coefficient (Wildman–Crippen LogP) is 3.07. The zero-order valence-electron chi connectivity index (χ0n) is 12.1. The molecule has 108 valence electrons. The van der Waals surface area contributed by atoms with Crippen molar-refractivity contribution < 1.29 is 0 Å². The first kappa shape index (κ1) is 13.4. The second kappa shape index (κ2) is 4.89. The third kappa shape index (κ3) is 2.01. The lowest BCUT2D eigenvalue weighted by atomic mass is 9.32. The van der Waals surface area contributed by atoms with Gasteiger partial charge in [0.15, 0.2) is 0 Å². The summed E-state index contributed by atoms with van der Waals surface area (Å²) in [7, 11) is 1.88. The van der Waals surface area contributed by atoms with E-state index < -0.39 is 0 Å². The van der Waals surface area contributed by atoms with Crippen LogP contribution in [0.2, 0.25) is 17.7 Å². The van der Waals surface area contributed by atoms with Crippen LogP contribution in [0.25, 0.3) is 16.6 Å². The maximum Gasteiger partial charge on any atom is 0.269 e. The van der Waals surface area contributed by atoms with Crippen LogP contribution < -0.4 is 0 Å². The van der Waals surface area contributed by atoms with E-state index in [1.54, 1.807) is 10.9 Å². The van der Waals surface area contributed by atoms with Crippen molar-refractivity contribution in [2.75, 3.05) is 0 Å². The van der Waals surface area contributed by atoms with Gasteiger partial charge in [-0.25, -0.2) is 9.94 Å². The Labute approximate surface area is 133 Å². The van der Waals surface area contributed by atoms with Gasteiger partial charge in [0, 0.05) is 23.4 Å². The van der Waals surface area contributed by atoms with Crippen LogP contribution in [0.15, 0.2) is 30.7 Å². The Balaban J connectivity index is 1.80. The zero-order chi connectivity index (χ0) is 15.3. The molecule has 0 atom stereocenters. The highest BCUT2D eigenvalue weighted by Gasteiger charge is 2.35. The number of halogens is 1. The first-order valence-corrected chi connectivity index (χ1v) is 7.59. The highest BCUT2D eigenvalue weighted by Crippen LogP contribution is 2.42. The fraction of sp³-hybridized carbons (Fsp3) is 0.267. The molecule has 1 fully saturated rings. The minimum Gasteiger partial charge on any atom is -0.274 e. The first-order chi connectivity index (χ1) is 10.7. The lowest BCUT2D eigenvalue weighted by Gasteiger charge is -2.29. The highest BCUT2D eigenvalue weighted by molar-refractivity contribution is 6.70. The van der Waals surface area contributed by atoms with Crippen molar-refractivity contribution in [1.29, 1.82) is 5.26 Å². The van der Waals surface area contributed by atoms with Crippen LogP contribution in [-0.2, 0) is 7.05 Å². The summed E-state index contributed by atoms with van der Waals surface area (Å²) >= 11 is 6.42. The summed E-state index contributed by atoms with van der Waals surface area (Å²) in [6.07, 6.45) is 7.31. The Morgan fingerprint density at radius 3 is 2.82 bits per heavy atom. The topological polar surface area (TPSA) is 59.4 Å². The molecule has 22 heavy (non-hydrogen) atoms. The van der Waals surface area contributed by atoms with Gasteiger partial charge in [-0.05, 0) is 23.6 Å². The minimum absolute atomic E-state index is 0.167. The van der Waals surface area contributed by atoms with Crippen LogP contribution >= 0.6 is 11.6 Å². The quantitative estimate of drug-likeness (QED) is 0.684. The summed E-state index contributed by atoms with van der Waals surface area (Å²) in [5.41, 5.74) is 3.06. The molecule has 3 heterocycles. The number of hydrogen-bond donors (Lipinski definition) is 0. The summed E-state index contributed by atoms with van der Waals surface area (Å²) in [5, 5.41) is 19.4. The van der Waals surface area contributed by atoms with Crippen molar-refractivity contribution in [3.63, 3.8) is 0 Å². The van der Waals surface area contributed by atoms with E-state index in [9.17, 15) is 0 Å². The van der Waals surface area contributed by atoms with Gasteiger partial charge < -0.3 is 0 Å². The molecule has 0 radical (unpaired) electrons. The monoisotopic (exact) mass is 309 g/mol. The van der Waals surface area contributed by atoms with E-state index in [1.807, 2.05) is 30.2 Å². The van der Waals surface area contributed by atoms with Gasteiger partial charge in [-0.3, -0.25) is 4.68 Å². The van der Waals surface area contributed by atoms with Crippen molar-refractivity contribution in [3.8, 4) is 11.7 Å². The number of rotatable bonds is 2. The Kier molecular flexibility index (Phi) is 2.98. The van der Waals surface area contributed by atoms with Crippen LogP contribution in [0.4, 0.5) is 0 Å². The number of nitriles is 1. The average molecular weight is 310 g/mol. The third-order valence-corrected chi connectivity index (χ3v) is 4.71. The van der Waals surface area contributed by atoms with Crippen LogP contribution in [0.3, 0.4) is 0 Å². The molecule has 0 N–H and O–H groups in total. The number of aryl methyl sites for hydroxylation is 1. The minimum atomic E-state index is 0.167.